The molecular weight excluding hydrogens is 438 g/mol. The average Bonchev–Trinajstić information content (AvgIpc) is 2.74. The molecule has 2 aromatic rings. The van der Waals surface area contributed by atoms with Crippen LogP contribution >= 0.6 is 12.4 Å². The van der Waals surface area contributed by atoms with Crippen molar-refractivity contribution in [2.45, 2.75) is 72.4 Å². The Bertz CT molecular complexity index is 903. The van der Waals surface area contributed by atoms with Gasteiger partial charge in [-0.1, -0.05) is 30.7 Å². The molecule has 2 aromatic carbocycles. The summed E-state index contributed by atoms with van der Waals surface area (Å²) < 4.78 is 11.3. The zero-order chi connectivity index (χ0) is 23.9. The van der Waals surface area contributed by atoms with Crippen LogP contribution in [0.5, 0.6) is 11.5 Å². The Balaban J connectivity index is 0.00000544. The van der Waals surface area contributed by atoms with Gasteiger partial charge >= 0.3 is 0 Å². The van der Waals surface area contributed by atoms with Crippen molar-refractivity contribution < 1.29 is 19.4 Å². The molecule has 0 aliphatic carbocycles. The smallest absolute Gasteiger partial charge is 0.163 e. The number of aliphatic hydroxyl groups is 1. The van der Waals surface area contributed by atoms with Gasteiger partial charge in [0.05, 0.1) is 7.11 Å². The molecule has 0 aromatic heterocycles. The number of hydrogen-bond acceptors (Lipinski definition) is 5. The lowest BCUT2D eigenvalue weighted by molar-refractivity contribution is 0.0969. The maximum absolute atomic E-state index is 12.9. The first-order valence-corrected chi connectivity index (χ1v) is 11.4. The van der Waals surface area contributed by atoms with E-state index in [1.54, 1.807) is 7.11 Å². The second-order valence-corrected chi connectivity index (χ2v) is 9.27. The highest BCUT2D eigenvalue weighted by atomic mass is 35.5. The number of ketones is 1. The highest BCUT2D eigenvalue weighted by Crippen LogP contribution is 2.29. The lowest BCUT2D eigenvalue weighted by Crippen LogP contribution is -2.44. The Kier molecular flexibility index (Phi) is 11.4. The molecule has 1 atom stereocenters. The molecule has 33 heavy (non-hydrogen) atoms. The predicted octanol–water partition coefficient (Wildman–Crippen LogP) is 5.38. The summed E-state index contributed by atoms with van der Waals surface area (Å²) in [6.07, 6.45) is 1.37. The Morgan fingerprint density at radius 3 is 2.30 bits per heavy atom. The molecule has 1 unspecified atom stereocenters. The number of methoxy groups -OCH3 is 1. The van der Waals surface area contributed by atoms with Crippen LogP contribution in [0.15, 0.2) is 30.3 Å². The van der Waals surface area contributed by atoms with E-state index >= 15 is 0 Å². The Hall–Kier alpha value is -2.08. The molecule has 0 heterocycles. The number of halogens is 1. The van der Waals surface area contributed by atoms with Crippen LogP contribution in [0.2, 0.25) is 0 Å². The van der Waals surface area contributed by atoms with Gasteiger partial charge < -0.3 is 19.9 Å². The first-order chi connectivity index (χ1) is 15.1. The van der Waals surface area contributed by atoms with Crippen molar-refractivity contribution in [1.29, 1.82) is 0 Å². The van der Waals surface area contributed by atoms with E-state index in [2.05, 4.69) is 38.2 Å². The first-order valence-electron chi connectivity index (χ1n) is 11.4. The van der Waals surface area contributed by atoms with Crippen molar-refractivity contribution in [3.8, 4) is 11.5 Å². The van der Waals surface area contributed by atoms with Gasteiger partial charge in [0, 0.05) is 24.1 Å². The van der Waals surface area contributed by atoms with E-state index < -0.39 is 6.10 Å². The highest BCUT2D eigenvalue weighted by Gasteiger charge is 2.17. The maximum atomic E-state index is 12.9. The summed E-state index contributed by atoms with van der Waals surface area (Å²) in [5.74, 6) is 1.34. The Morgan fingerprint density at radius 2 is 1.73 bits per heavy atom. The van der Waals surface area contributed by atoms with Crippen molar-refractivity contribution in [3.63, 3.8) is 0 Å². The number of rotatable bonds is 12. The van der Waals surface area contributed by atoms with E-state index in [1.165, 1.54) is 5.56 Å². The van der Waals surface area contributed by atoms with E-state index in [1.807, 2.05) is 39.0 Å². The summed E-state index contributed by atoms with van der Waals surface area (Å²) >= 11 is 0. The van der Waals surface area contributed by atoms with E-state index in [9.17, 15) is 9.90 Å². The third-order valence-electron chi connectivity index (χ3n) is 5.96. The summed E-state index contributed by atoms with van der Waals surface area (Å²) in [6, 6.07) is 9.82. The average molecular weight is 478 g/mol. The molecule has 0 aliphatic heterocycles. The van der Waals surface area contributed by atoms with Gasteiger partial charge in [0.15, 0.2) is 17.3 Å². The number of aryl methyl sites for hydroxylation is 4. The molecule has 5 nitrogen and oxygen atoms in total. The summed E-state index contributed by atoms with van der Waals surface area (Å²) in [5.41, 5.74) is 5.02. The molecule has 0 saturated heterocycles. The van der Waals surface area contributed by atoms with Crippen molar-refractivity contribution in [2.75, 3.05) is 20.3 Å². The van der Waals surface area contributed by atoms with Crippen LogP contribution < -0.4 is 14.8 Å². The zero-order valence-corrected chi connectivity index (χ0v) is 21.9. The molecule has 0 spiro atoms. The minimum atomic E-state index is -0.636. The summed E-state index contributed by atoms with van der Waals surface area (Å²) in [7, 11) is 1.59. The molecule has 0 radical (unpaired) electrons. The number of carbonyl (C=O) groups is 1. The minimum absolute atomic E-state index is 0. The van der Waals surface area contributed by atoms with E-state index in [4.69, 9.17) is 9.47 Å². The van der Waals surface area contributed by atoms with Crippen molar-refractivity contribution >= 4 is 18.2 Å². The number of carbonyl (C=O) groups excluding carboxylic acids is 1. The molecule has 0 saturated carbocycles. The number of hydrogen-bond donors (Lipinski definition) is 2. The second kappa shape index (κ2) is 13.0. The molecular formula is C27H40ClNO4. The third kappa shape index (κ3) is 8.65. The fraction of sp³-hybridized carbons (Fsp3) is 0.519. The molecule has 2 N–H and O–H groups in total. The minimum Gasteiger partial charge on any atom is -0.493 e. The summed E-state index contributed by atoms with van der Waals surface area (Å²) in [5, 5.41) is 13.6. The number of aliphatic hydroxyl groups excluding tert-OH is 1. The summed E-state index contributed by atoms with van der Waals surface area (Å²) in [6.45, 7) is 13.0. The van der Waals surface area contributed by atoms with Gasteiger partial charge in [0.2, 0.25) is 0 Å². The summed E-state index contributed by atoms with van der Waals surface area (Å²) in [4.78, 5) is 12.9. The molecule has 184 valence electrons. The number of ether oxygens (including phenoxy) is 2. The van der Waals surface area contributed by atoms with Gasteiger partial charge in [0.25, 0.3) is 0 Å². The fourth-order valence-electron chi connectivity index (χ4n) is 3.76. The van der Waals surface area contributed by atoms with Crippen LogP contribution in [0.3, 0.4) is 0 Å². The molecule has 0 aliphatic rings. The van der Waals surface area contributed by atoms with Crippen LogP contribution in [0.25, 0.3) is 0 Å². The lowest BCUT2D eigenvalue weighted by Gasteiger charge is -2.26. The topological polar surface area (TPSA) is 67.8 Å². The standard InChI is InChI=1S/C27H39NO4.ClH/c1-8-27(5,6)28-16-22(29)17-32-25-15-21(10-12-24(25)31-7)9-11-23(30)26-19(3)13-18(2)14-20(26)4;/h10,12-15,22,28-29H,8-9,11,16-17H2,1-7H3;1H. The quantitative estimate of drug-likeness (QED) is 0.402. The van der Waals surface area contributed by atoms with Crippen molar-refractivity contribution in [2.24, 2.45) is 0 Å². The SMILES string of the molecule is CCC(C)(C)NCC(O)COc1cc(CCC(=O)c2c(C)cc(C)cc2C)ccc1OC.Cl. The first kappa shape index (κ1) is 29.0. The Morgan fingerprint density at radius 1 is 1.09 bits per heavy atom. The maximum Gasteiger partial charge on any atom is 0.163 e. The van der Waals surface area contributed by atoms with Gasteiger partial charge in [-0.25, -0.2) is 0 Å². The van der Waals surface area contributed by atoms with Crippen LogP contribution in [0.4, 0.5) is 0 Å². The van der Waals surface area contributed by atoms with Crippen LogP contribution in [-0.2, 0) is 6.42 Å². The van der Waals surface area contributed by atoms with Gasteiger partial charge in [0.1, 0.15) is 12.7 Å². The van der Waals surface area contributed by atoms with E-state index in [-0.39, 0.29) is 30.3 Å². The number of benzene rings is 2. The molecule has 0 bridgehead atoms. The molecule has 0 fully saturated rings. The van der Waals surface area contributed by atoms with Gasteiger partial charge in [-0.3, -0.25) is 4.79 Å². The highest BCUT2D eigenvalue weighted by molar-refractivity contribution is 5.99. The van der Waals surface area contributed by atoms with Gasteiger partial charge in [-0.2, -0.15) is 0 Å². The second-order valence-electron chi connectivity index (χ2n) is 9.27. The van der Waals surface area contributed by atoms with Crippen molar-refractivity contribution in [3.05, 3.63) is 58.1 Å². The fourth-order valence-corrected chi connectivity index (χ4v) is 3.76. The molecule has 6 heteroatoms. The number of nitrogens with one attached hydrogen (secondary N) is 1. The monoisotopic (exact) mass is 477 g/mol. The van der Waals surface area contributed by atoms with Crippen LogP contribution in [0.1, 0.15) is 66.2 Å². The molecule has 2 rings (SSSR count). The lowest BCUT2D eigenvalue weighted by atomic mass is 9.93. The van der Waals surface area contributed by atoms with Crippen LogP contribution in [-0.4, -0.2) is 42.8 Å². The number of β-amino-alcohol motifs (C(OH)–C–C–N with tert-alkyl or cyclic N) is 1. The normalized spacial score (nSPS) is 12.1. The largest absolute Gasteiger partial charge is 0.493 e. The molecule has 0 amide bonds. The van der Waals surface area contributed by atoms with E-state index in [0.717, 1.165) is 28.7 Å². The van der Waals surface area contributed by atoms with Crippen LogP contribution in [0, 0.1) is 20.8 Å². The predicted molar refractivity (Wildman–Crippen MR) is 137 cm³/mol. The Labute approximate surface area is 205 Å². The third-order valence-corrected chi connectivity index (χ3v) is 5.96. The zero-order valence-electron chi connectivity index (χ0n) is 21.1. The van der Waals surface area contributed by atoms with Gasteiger partial charge in [-0.05, 0) is 76.3 Å². The van der Waals surface area contributed by atoms with Gasteiger partial charge in [-0.15, -0.1) is 12.4 Å². The van der Waals surface area contributed by atoms with E-state index in [0.29, 0.717) is 30.9 Å². The van der Waals surface area contributed by atoms with Crippen molar-refractivity contribution in [1.82, 2.24) is 5.32 Å². The number of Topliss-reactive ketones (excluding diaryl/α,β-unsaturated/α-hetero) is 1.